The van der Waals surface area contributed by atoms with E-state index in [1.807, 2.05) is 31.2 Å². The molecule has 0 saturated carbocycles. The average Bonchev–Trinajstić information content (AvgIpc) is 2.67. The number of aromatic nitrogens is 1. The number of hydrogen-bond donors (Lipinski definition) is 2. The lowest BCUT2D eigenvalue weighted by Gasteiger charge is -2.16. The summed E-state index contributed by atoms with van der Waals surface area (Å²) in [5.41, 5.74) is 4.24. The molecule has 0 fully saturated rings. The number of benzene rings is 2. The maximum absolute atomic E-state index is 12.7. The number of fused-ring (bicyclic) bond motifs is 2. The second kappa shape index (κ2) is 6.94. The predicted octanol–water partition coefficient (Wildman–Crippen LogP) is 3.19. The Morgan fingerprint density at radius 1 is 1.04 bits per heavy atom. The van der Waals surface area contributed by atoms with Gasteiger partial charge in [0.05, 0.1) is 10.4 Å². The first-order valence-electron chi connectivity index (χ1n) is 9.17. The molecule has 0 saturated heterocycles. The van der Waals surface area contributed by atoms with E-state index in [1.54, 1.807) is 18.2 Å². The first-order chi connectivity index (χ1) is 12.9. The summed E-state index contributed by atoms with van der Waals surface area (Å²) in [7, 11) is -3.67. The smallest absolute Gasteiger partial charge is 0.252 e. The minimum absolute atomic E-state index is 0.0430. The molecule has 2 aromatic carbocycles. The third-order valence-corrected chi connectivity index (χ3v) is 6.65. The highest BCUT2D eigenvalue weighted by atomic mass is 32.2. The lowest BCUT2D eigenvalue weighted by molar-refractivity contribution is 0.580. The Labute approximate surface area is 158 Å². The molecule has 0 amide bonds. The summed E-state index contributed by atoms with van der Waals surface area (Å²) in [6.45, 7) is 1.88. The second-order valence-corrected chi connectivity index (χ2v) is 8.89. The molecule has 3 aromatic rings. The molecular formula is C21H22N2O3S. The molecule has 2 N–H and O–H groups in total. The van der Waals surface area contributed by atoms with Gasteiger partial charge in [-0.2, -0.15) is 0 Å². The van der Waals surface area contributed by atoms with E-state index in [0.29, 0.717) is 5.56 Å². The first-order valence-corrected chi connectivity index (χ1v) is 10.7. The summed E-state index contributed by atoms with van der Waals surface area (Å²) in [5.74, 6) is 0. The molecule has 0 unspecified atom stereocenters. The third-order valence-electron chi connectivity index (χ3n) is 5.25. The maximum atomic E-state index is 12.7. The summed E-state index contributed by atoms with van der Waals surface area (Å²) < 4.78 is 28.0. The van der Waals surface area contributed by atoms with Crippen LogP contribution in [0.2, 0.25) is 0 Å². The zero-order valence-corrected chi connectivity index (χ0v) is 16.0. The molecule has 0 aliphatic heterocycles. The molecular weight excluding hydrogens is 360 g/mol. The molecule has 1 aliphatic carbocycles. The van der Waals surface area contributed by atoms with Crippen LogP contribution in [-0.4, -0.2) is 13.4 Å². The Morgan fingerprint density at radius 3 is 2.63 bits per heavy atom. The Bertz CT molecular complexity index is 1180. The van der Waals surface area contributed by atoms with Crippen molar-refractivity contribution in [3.8, 4) is 0 Å². The first kappa shape index (κ1) is 17.9. The zero-order valence-electron chi connectivity index (χ0n) is 15.2. The van der Waals surface area contributed by atoms with E-state index in [2.05, 4.69) is 9.71 Å². The molecule has 0 radical (unpaired) electrons. The van der Waals surface area contributed by atoms with Gasteiger partial charge in [0.15, 0.2) is 0 Å². The minimum atomic E-state index is -3.67. The van der Waals surface area contributed by atoms with Gasteiger partial charge in [-0.25, -0.2) is 13.1 Å². The molecule has 1 aliphatic rings. The van der Waals surface area contributed by atoms with Crippen molar-refractivity contribution in [2.45, 2.75) is 44.0 Å². The van der Waals surface area contributed by atoms with Crippen LogP contribution in [0.4, 0.5) is 0 Å². The minimum Gasteiger partial charge on any atom is -0.321 e. The van der Waals surface area contributed by atoms with Crippen molar-refractivity contribution in [1.29, 1.82) is 0 Å². The number of rotatable bonds is 4. The van der Waals surface area contributed by atoms with Crippen molar-refractivity contribution in [2.75, 3.05) is 0 Å². The fourth-order valence-corrected chi connectivity index (χ4v) is 4.75. The summed E-state index contributed by atoms with van der Waals surface area (Å²) in [4.78, 5) is 15.5. The Balaban J connectivity index is 1.60. The van der Waals surface area contributed by atoms with Crippen molar-refractivity contribution in [3.63, 3.8) is 0 Å². The van der Waals surface area contributed by atoms with Crippen molar-refractivity contribution in [1.82, 2.24) is 9.71 Å². The second-order valence-electron chi connectivity index (χ2n) is 7.13. The van der Waals surface area contributed by atoms with Gasteiger partial charge in [0, 0.05) is 12.1 Å². The van der Waals surface area contributed by atoms with E-state index in [9.17, 15) is 13.2 Å². The van der Waals surface area contributed by atoms with Crippen LogP contribution in [0.5, 0.6) is 0 Å². The molecule has 1 aromatic heterocycles. The lowest BCUT2D eigenvalue weighted by atomic mass is 9.92. The van der Waals surface area contributed by atoms with Crippen molar-refractivity contribution < 1.29 is 8.42 Å². The summed E-state index contributed by atoms with van der Waals surface area (Å²) in [5, 5.41) is 0.887. The van der Waals surface area contributed by atoms with E-state index in [1.165, 1.54) is 5.56 Å². The van der Waals surface area contributed by atoms with Gasteiger partial charge in [-0.15, -0.1) is 0 Å². The van der Waals surface area contributed by atoms with Crippen LogP contribution in [0.3, 0.4) is 0 Å². The van der Waals surface area contributed by atoms with Gasteiger partial charge in [-0.1, -0.05) is 24.3 Å². The molecule has 0 bridgehead atoms. The van der Waals surface area contributed by atoms with Crippen LogP contribution in [0, 0.1) is 6.92 Å². The summed E-state index contributed by atoms with van der Waals surface area (Å²) in [6.07, 6.45) is 4.18. The highest BCUT2D eigenvalue weighted by Gasteiger charge is 2.18. The van der Waals surface area contributed by atoms with Crippen LogP contribution >= 0.6 is 0 Å². The van der Waals surface area contributed by atoms with Crippen LogP contribution in [0.25, 0.3) is 10.9 Å². The largest absolute Gasteiger partial charge is 0.321 e. The fourth-order valence-electron chi connectivity index (χ4n) is 3.69. The van der Waals surface area contributed by atoms with E-state index in [4.69, 9.17) is 0 Å². The molecule has 0 atom stereocenters. The van der Waals surface area contributed by atoms with Crippen LogP contribution in [-0.2, 0) is 29.4 Å². The van der Waals surface area contributed by atoms with Crippen LogP contribution in [0.1, 0.15) is 35.1 Å². The monoisotopic (exact) mass is 382 g/mol. The number of sulfonamides is 1. The van der Waals surface area contributed by atoms with Gasteiger partial charge in [0.25, 0.3) is 5.56 Å². The summed E-state index contributed by atoms with van der Waals surface area (Å²) >= 11 is 0. The molecule has 5 nitrogen and oxygen atoms in total. The van der Waals surface area contributed by atoms with Gasteiger partial charge in [0.1, 0.15) is 0 Å². The molecule has 0 spiro atoms. The molecule has 6 heteroatoms. The van der Waals surface area contributed by atoms with Crippen LogP contribution in [0.15, 0.2) is 52.2 Å². The van der Waals surface area contributed by atoms with E-state index in [-0.39, 0.29) is 17.0 Å². The fraction of sp³-hybridized carbons (Fsp3) is 0.286. The normalized spacial score (nSPS) is 14.3. The van der Waals surface area contributed by atoms with Gasteiger partial charge < -0.3 is 4.98 Å². The van der Waals surface area contributed by atoms with Crippen LogP contribution < -0.4 is 10.3 Å². The van der Waals surface area contributed by atoms with E-state index in [0.717, 1.165) is 47.7 Å². The Morgan fingerprint density at radius 2 is 1.81 bits per heavy atom. The van der Waals surface area contributed by atoms with Crippen molar-refractivity contribution in [3.05, 3.63) is 75.1 Å². The quantitative estimate of drug-likeness (QED) is 0.727. The van der Waals surface area contributed by atoms with Gasteiger partial charge in [-0.3, -0.25) is 4.79 Å². The van der Waals surface area contributed by atoms with Gasteiger partial charge in [0.2, 0.25) is 10.0 Å². The number of aromatic amines is 1. The number of aryl methyl sites for hydroxylation is 3. The van der Waals surface area contributed by atoms with Gasteiger partial charge >= 0.3 is 0 Å². The summed E-state index contributed by atoms with van der Waals surface area (Å²) in [6, 6.07) is 12.8. The van der Waals surface area contributed by atoms with E-state index < -0.39 is 10.0 Å². The highest BCUT2D eigenvalue weighted by Crippen LogP contribution is 2.24. The lowest BCUT2D eigenvalue weighted by Crippen LogP contribution is -2.27. The van der Waals surface area contributed by atoms with Gasteiger partial charge in [-0.05, 0) is 72.9 Å². The molecule has 4 rings (SSSR count). The molecule has 140 valence electrons. The standard InChI is InChI=1S/C21H22N2O3S/c1-14-5-4-8-17-11-18(21(24)23-20(14)17)13-22-27(25,26)19-10-9-15-6-2-3-7-16(15)12-19/h4-5,8-12,22H,2-3,6-7,13H2,1H3,(H,23,24). The third kappa shape index (κ3) is 3.55. The SMILES string of the molecule is Cc1cccc2cc(CNS(=O)(=O)c3ccc4c(c3)CCCC4)c(=O)[nH]c12. The molecule has 27 heavy (non-hydrogen) atoms. The predicted molar refractivity (Wildman–Crippen MR) is 106 cm³/mol. The molecule has 1 heterocycles. The number of para-hydroxylation sites is 1. The number of pyridine rings is 1. The number of H-pyrrole nitrogens is 1. The number of nitrogens with one attached hydrogen (secondary N) is 2. The Kier molecular flexibility index (Phi) is 4.61. The maximum Gasteiger partial charge on any atom is 0.252 e. The van der Waals surface area contributed by atoms with Crippen molar-refractivity contribution >= 4 is 20.9 Å². The number of hydrogen-bond acceptors (Lipinski definition) is 3. The average molecular weight is 382 g/mol. The van der Waals surface area contributed by atoms with Crippen molar-refractivity contribution in [2.24, 2.45) is 0 Å². The Hall–Kier alpha value is -2.44. The topological polar surface area (TPSA) is 79.0 Å². The highest BCUT2D eigenvalue weighted by molar-refractivity contribution is 7.89. The van der Waals surface area contributed by atoms with E-state index >= 15 is 0 Å². The zero-order chi connectivity index (χ0) is 19.0.